The largest absolute Gasteiger partial charge is 0.358 e. The predicted octanol–water partition coefficient (Wildman–Crippen LogP) is 3.05. The van der Waals surface area contributed by atoms with Gasteiger partial charge in [0, 0.05) is 17.7 Å². The molecule has 2 rings (SSSR count). The molecule has 0 bridgehead atoms. The third-order valence-corrected chi connectivity index (χ3v) is 3.12. The minimum atomic E-state index is -0.623. The van der Waals surface area contributed by atoms with E-state index in [-0.39, 0.29) is 5.78 Å². The molecule has 94 valence electrons. The van der Waals surface area contributed by atoms with Crippen molar-refractivity contribution in [2.45, 2.75) is 19.8 Å². The molecule has 0 atom stereocenters. The van der Waals surface area contributed by atoms with Crippen LogP contribution in [0.15, 0.2) is 35.5 Å². The number of Topliss-reactive ketones (excluding diaryl/α,β-unsaturated/α-hetero) is 1. The Morgan fingerprint density at radius 1 is 1.33 bits per heavy atom. The van der Waals surface area contributed by atoms with Gasteiger partial charge in [0.15, 0.2) is 5.78 Å². The number of anilines is 1. The smallest absolute Gasteiger partial charge is 0.358 e. The van der Waals surface area contributed by atoms with E-state index in [0.29, 0.717) is 29.7 Å². The van der Waals surface area contributed by atoms with Crippen LogP contribution in [0.4, 0.5) is 5.69 Å². The van der Waals surface area contributed by atoms with E-state index < -0.39 is 5.97 Å². The third-order valence-electron chi connectivity index (χ3n) is 2.98. The van der Waals surface area contributed by atoms with Crippen molar-refractivity contribution < 1.29 is 13.9 Å². The maximum atomic E-state index is 11.5. The second kappa shape index (κ2) is 5.23. The van der Waals surface area contributed by atoms with Gasteiger partial charge in [0.2, 0.25) is 0 Å². The quantitative estimate of drug-likeness (QED) is 0.913. The molecule has 18 heavy (non-hydrogen) atoms. The van der Waals surface area contributed by atoms with Gasteiger partial charge in [-0.2, -0.15) is 0 Å². The minimum Gasteiger partial charge on any atom is -0.358 e. The molecule has 5 heteroatoms. The van der Waals surface area contributed by atoms with Crippen LogP contribution in [0.1, 0.15) is 30.1 Å². The normalized spacial score (nSPS) is 14.9. The number of halogens is 1. The van der Waals surface area contributed by atoms with Crippen molar-refractivity contribution >= 4 is 29.3 Å². The standard InChI is InChI=1S/C13H12ClNO3/c1-8-10(6-7-12(8)16)15-11-5-3-2-4-9(11)13(17)18-14/h2-5,15H,6-7H2,1H3. The average Bonchev–Trinajstić information content (AvgIpc) is 2.70. The second-order valence-corrected chi connectivity index (χ2v) is 4.22. The molecule has 1 aromatic carbocycles. The summed E-state index contributed by atoms with van der Waals surface area (Å²) in [6.07, 6.45) is 1.17. The van der Waals surface area contributed by atoms with Crippen molar-refractivity contribution in [3.63, 3.8) is 0 Å². The van der Waals surface area contributed by atoms with Crippen LogP contribution in [0, 0.1) is 0 Å². The maximum Gasteiger partial charge on any atom is 0.358 e. The Bertz CT molecular complexity index is 537. The number of hydrogen-bond donors (Lipinski definition) is 1. The van der Waals surface area contributed by atoms with Crippen LogP contribution in [-0.2, 0) is 9.08 Å². The summed E-state index contributed by atoms with van der Waals surface area (Å²) in [4.78, 5) is 22.9. The first kappa shape index (κ1) is 12.6. The summed E-state index contributed by atoms with van der Waals surface area (Å²) in [6, 6.07) is 6.86. The maximum absolute atomic E-state index is 11.5. The second-order valence-electron chi connectivity index (χ2n) is 4.06. The zero-order chi connectivity index (χ0) is 13.1. The number of ketones is 1. The number of para-hydroxylation sites is 1. The molecule has 0 saturated heterocycles. The number of hydrogen-bond acceptors (Lipinski definition) is 4. The number of allylic oxidation sites excluding steroid dienone is 2. The summed E-state index contributed by atoms with van der Waals surface area (Å²) < 4.78 is 4.20. The van der Waals surface area contributed by atoms with E-state index in [1.54, 1.807) is 31.2 Å². The first-order valence-electron chi connectivity index (χ1n) is 5.55. The highest BCUT2D eigenvalue weighted by atomic mass is 35.5. The van der Waals surface area contributed by atoms with Gasteiger partial charge in [-0.1, -0.05) is 12.1 Å². The van der Waals surface area contributed by atoms with Gasteiger partial charge in [0.05, 0.1) is 11.3 Å². The molecule has 0 fully saturated rings. The summed E-state index contributed by atoms with van der Waals surface area (Å²) in [5.41, 5.74) is 2.48. The molecule has 1 aliphatic rings. The number of nitrogens with one attached hydrogen (secondary N) is 1. The lowest BCUT2D eigenvalue weighted by Crippen LogP contribution is -2.06. The van der Waals surface area contributed by atoms with Gasteiger partial charge < -0.3 is 9.61 Å². The van der Waals surface area contributed by atoms with Gasteiger partial charge in [-0.25, -0.2) is 4.79 Å². The molecule has 0 radical (unpaired) electrons. The first-order chi connectivity index (χ1) is 8.63. The monoisotopic (exact) mass is 265 g/mol. The summed E-state index contributed by atoms with van der Waals surface area (Å²) in [6.45, 7) is 1.78. The highest BCUT2D eigenvalue weighted by Crippen LogP contribution is 2.26. The Balaban J connectivity index is 2.30. The molecular weight excluding hydrogens is 254 g/mol. The number of rotatable bonds is 3. The molecular formula is C13H12ClNO3. The summed E-state index contributed by atoms with van der Waals surface area (Å²) in [7, 11) is 0. The summed E-state index contributed by atoms with van der Waals surface area (Å²) in [5, 5.41) is 3.10. The van der Waals surface area contributed by atoms with Gasteiger partial charge in [-0.3, -0.25) is 4.79 Å². The fraction of sp³-hybridized carbons (Fsp3) is 0.231. The van der Waals surface area contributed by atoms with Gasteiger partial charge in [0.25, 0.3) is 0 Å². The SMILES string of the molecule is CC1=C(Nc2ccccc2C(=O)OCl)CCC1=O. The van der Waals surface area contributed by atoms with E-state index >= 15 is 0 Å². The lowest BCUT2D eigenvalue weighted by atomic mass is 10.1. The van der Waals surface area contributed by atoms with E-state index in [4.69, 9.17) is 11.9 Å². The molecule has 0 unspecified atom stereocenters. The fourth-order valence-electron chi connectivity index (χ4n) is 1.91. The molecule has 4 nitrogen and oxygen atoms in total. The van der Waals surface area contributed by atoms with Crippen molar-refractivity contribution in [1.82, 2.24) is 0 Å². The van der Waals surface area contributed by atoms with Crippen LogP contribution in [0.25, 0.3) is 0 Å². The van der Waals surface area contributed by atoms with Crippen molar-refractivity contribution in [3.05, 3.63) is 41.1 Å². The minimum absolute atomic E-state index is 0.134. The molecule has 0 spiro atoms. The summed E-state index contributed by atoms with van der Waals surface area (Å²) >= 11 is 5.08. The zero-order valence-electron chi connectivity index (χ0n) is 9.83. The van der Waals surface area contributed by atoms with Crippen molar-refractivity contribution in [2.24, 2.45) is 0 Å². The summed E-state index contributed by atoms with van der Waals surface area (Å²) in [5.74, 6) is -0.489. The van der Waals surface area contributed by atoms with Crippen LogP contribution in [0.5, 0.6) is 0 Å². The predicted molar refractivity (Wildman–Crippen MR) is 68.3 cm³/mol. The topological polar surface area (TPSA) is 55.4 Å². The van der Waals surface area contributed by atoms with E-state index in [9.17, 15) is 9.59 Å². The molecule has 1 aromatic rings. The van der Waals surface area contributed by atoms with Gasteiger partial charge in [-0.15, -0.1) is 0 Å². The fourth-order valence-corrected chi connectivity index (χ4v) is 2.00. The van der Waals surface area contributed by atoms with Crippen LogP contribution in [0.3, 0.4) is 0 Å². The Morgan fingerprint density at radius 2 is 2.06 bits per heavy atom. The van der Waals surface area contributed by atoms with Crippen molar-refractivity contribution in [3.8, 4) is 0 Å². The Hall–Kier alpha value is -1.81. The van der Waals surface area contributed by atoms with E-state index in [0.717, 1.165) is 5.70 Å². The van der Waals surface area contributed by atoms with Crippen molar-refractivity contribution in [1.29, 1.82) is 0 Å². The average molecular weight is 266 g/mol. The molecule has 0 aliphatic heterocycles. The van der Waals surface area contributed by atoms with Gasteiger partial charge in [-0.05, 0) is 25.5 Å². The molecule has 1 N–H and O–H groups in total. The molecule has 0 amide bonds. The lowest BCUT2D eigenvalue weighted by Gasteiger charge is -2.11. The molecule has 0 saturated carbocycles. The number of carbonyl (C=O) groups excluding carboxylic acids is 2. The van der Waals surface area contributed by atoms with Gasteiger partial charge in [0.1, 0.15) is 11.9 Å². The van der Waals surface area contributed by atoms with Crippen LogP contribution in [-0.4, -0.2) is 11.8 Å². The van der Waals surface area contributed by atoms with E-state index in [2.05, 4.69) is 9.61 Å². The first-order valence-corrected chi connectivity index (χ1v) is 5.86. The molecule has 0 aromatic heterocycles. The van der Waals surface area contributed by atoms with Crippen LogP contribution in [0.2, 0.25) is 0 Å². The van der Waals surface area contributed by atoms with Gasteiger partial charge >= 0.3 is 5.97 Å². The van der Waals surface area contributed by atoms with Crippen LogP contribution < -0.4 is 5.32 Å². The van der Waals surface area contributed by atoms with Crippen molar-refractivity contribution in [2.75, 3.05) is 5.32 Å². The zero-order valence-corrected chi connectivity index (χ0v) is 10.6. The third kappa shape index (κ3) is 2.38. The Kier molecular flexibility index (Phi) is 3.67. The number of benzene rings is 1. The number of carbonyl (C=O) groups is 2. The lowest BCUT2D eigenvalue weighted by molar-refractivity contribution is -0.114. The van der Waals surface area contributed by atoms with E-state index in [1.165, 1.54) is 0 Å². The molecule has 1 aliphatic carbocycles. The Labute approximate surface area is 110 Å². The van der Waals surface area contributed by atoms with Crippen LogP contribution >= 0.6 is 11.9 Å². The highest BCUT2D eigenvalue weighted by molar-refractivity contribution is 6.16. The molecule has 0 heterocycles. The van der Waals surface area contributed by atoms with E-state index in [1.807, 2.05) is 0 Å². The Morgan fingerprint density at radius 3 is 2.67 bits per heavy atom. The highest BCUT2D eigenvalue weighted by Gasteiger charge is 2.21.